The highest BCUT2D eigenvalue weighted by Crippen LogP contribution is 2.11. The Labute approximate surface area is 106 Å². The summed E-state index contributed by atoms with van der Waals surface area (Å²) in [4.78, 5) is 4.16. The molecule has 1 aromatic rings. The van der Waals surface area contributed by atoms with E-state index in [1.165, 1.54) is 5.56 Å². The predicted octanol–water partition coefficient (Wildman–Crippen LogP) is 2.40. The summed E-state index contributed by atoms with van der Waals surface area (Å²) in [6.07, 6.45) is 5.78. The maximum atomic E-state index is 5.21. The van der Waals surface area contributed by atoms with Crippen molar-refractivity contribution in [2.24, 2.45) is 0 Å². The second-order valence-corrected chi connectivity index (χ2v) is 4.74. The zero-order chi connectivity index (χ0) is 11.8. The number of methoxy groups -OCH3 is 1. The lowest BCUT2D eigenvalue weighted by Gasteiger charge is -2.17. The molecule has 90 valence electrons. The molecule has 0 aliphatic heterocycles. The van der Waals surface area contributed by atoms with Crippen LogP contribution in [0.4, 0.5) is 0 Å². The number of hydrogen-bond acceptors (Lipinski definition) is 3. The maximum absolute atomic E-state index is 5.21. The first-order chi connectivity index (χ1) is 7.76. The van der Waals surface area contributed by atoms with Crippen molar-refractivity contribution in [3.05, 3.63) is 28.5 Å². The molecule has 4 heteroatoms. The Morgan fingerprint density at radius 2 is 2.31 bits per heavy atom. The van der Waals surface area contributed by atoms with Gasteiger partial charge >= 0.3 is 0 Å². The first kappa shape index (κ1) is 13.6. The Bertz CT molecular complexity index is 307. The van der Waals surface area contributed by atoms with Gasteiger partial charge in [-0.15, -0.1) is 0 Å². The Morgan fingerprint density at radius 3 is 2.94 bits per heavy atom. The minimum atomic E-state index is 0.362. The number of nitrogens with zero attached hydrogens (tertiary/aromatic N) is 1. The largest absolute Gasteiger partial charge is 0.383 e. The van der Waals surface area contributed by atoms with Gasteiger partial charge in [0.1, 0.15) is 0 Å². The number of ether oxygens (including phenoxy) is 1. The van der Waals surface area contributed by atoms with Gasteiger partial charge in [0, 0.05) is 30.0 Å². The lowest BCUT2D eigenvalue weighted by atomic mass is 10.1. The third-order valence-electron chi connectivity index (χ3n) is 2.29. The normalized spacial score (nSPS) is 12.7. The number of aromatic nitrogens is 1. The van der Waals surface area contributed by atoms with Crippen molar-refractivity contribution in [3.63, 3.8) is 0 Å². The van der Waals surface area contributed by atoms with Gasteiger partial charge in [-0.25, -0.2) is 0 Å². The first-order valence-corrected chi connectivity index (χ1v) is 6.37. The number of hydrogen-bond donors (Lipinski definition) is 1. The molecule has 1 heterocycles. The van der Waals surface area contributed by atoms with Gasteiger partial charge in [-0.3, -0.25) is 4.98 Å². The fraction of sp³-hybridized carbons (Fsp3) is 0.583. The number of rotatable bonds is 7. The Balaban J connectivity index is 2.52. The maximum Gasteiger partial charge on any atom is 0.0619 e. The monoisotopic (exact) mass is 286 g/mol. The molecular formula is C12H19BrN2O. The summed E-state index contributed by atoms with van der Waals surface area (Å²) < 4.78 is 6.23. The van der Waals surface area contributed by atoms with Gasteiger partial charge in [0.25, 0.3) is 0 Å². The molecule has 0 spiro atoms. The van der Waals surface area contributed by atoms with Crippen LogP contribution in [0.15, 0.2) is 22.9 Å². The van der Waals surface area contributed by atoms with Crippen molar-refractivity contribution in [1.29, 1.82) is 0 Å². The van der Waals surface area contributed by atoms with Crippen LogP contribution in [-0.4, -0.2) is 31.3 Å². The van der Waals surface area contributed by atoms with Crippen LogP contribution in [-0.2, 0) is 11.2 Å². The molecule has 0 aliphatic rings. The van der Waals surface area contributed by atoms with Crippen molar-refractivity contribution in [2.75, 3.05) is 20.3 Å². The van der Waals surface area contributed by atoms with E-state index < -0.39 is 0 Å². The molecule has 1 rings (SSSR count). The topological polar surface area (TPSA) is 34.1 Å². The number of pyridine rings is 1. The van der Waals surface area contributed by atoms with E-state index in [1.54, 1.807) is 13.3 Å². The van der Waals surface area contributed by atoms with Gasteiger partial charge in [0.05, 0.1) is 6.61 Å². The van der Waals surface area contributed by atoms with E-state index in [0.717, 1.165) is 30.5 Å². The van der Waals surface area contributed by atoms with Crippen LogP contribution in [0.2, 0.25) is 0 Å². The number of nitrogens with one attached hydrogen (secondary N) is 1. The van der Waals surface area contributed by atoms with E-state index >= 15 is 0 Å². The molecule has 0 saturated carbocycles. The molecule has 0 saturated heterocycles. The molecule has 1 aromatic heterocycles. The summed E-state index contributed by atoms with van der Waals surface area (Å²) in [5, 5.41) is 3.47. The third kappa shape index (κ3) is 5.05. The average molecular weight is 287 g/mol. The second kappa shape index (κ2) is 7.76. The van der Waals surface area contributed by atoms with E-state index in [0.29, 0.717) is 6.04 Å². The van der Waals surface area contributed by atoms with Crippen LogP contribution in [0.1, 0.15) is 18.9 Å². The molecule has 0 bridgehead atoms. The van der Waals surface area contributed by atoms with Crippen LogP contribution in [0, 0.1) is 0 Å². The molecule has 1 unspecified atom stereocenters. The van der Waals surface area contributed by atoms with Gasteiger partial charge < -0.3 is 10.1 Å². The number of halogens is 1. The molecule has 16 heavy (non-hydrogen) atoms. The minimum Gasteiger partial charge on any atom is -0.383 e. The smallest absolute Gasteiger partial charge is 0.0619 e. The van der Waals surface area contributed by atoms with E-state index in [4.69, 9.17) is 4.74 Å². The predicted molar refractivity (Wildman–Crippen MR) is 69.6 cm³/mol. The zero-order valence-electron chi connectivity index (χ0n) is 9.87. The fourth-order valence-electron chi connectivity index (χ4n) is 1.59. The summed E-state index contributed by atoms with van der Waals surface area (Å²) in [5.41, 5.74) is 1.22. The van der Waals surface area contributed by atoms with Gasteiger partial charge in [0.2, 0.25) is 0 Å². The van der Waals surface area contributed by atoms with Crippen molar-refractivity contribution < 1.29 is 4.74 Å². The lowest BCUT2D eigenvalue weighted by Crippen LogP contribution is -2.35. The SMILES string of the molecule is CCCNC(COC)Cc1cncc(Br)c1. The summed E-state index contributed by atoms with van der Waals surface area (Å²) in [7, 11) is 1.74. The molecule has 0 fully saturated rings. The second-order valence-electron chi connectivity index (χ2n) is 3.82. The first-order valence-electron chi connectivity index (χ1n) is 5.58. The van der Waals surface area contributed by atoms with E-state index in [9.17, 15) is 0 Å². The molecule has 3 nitrogen and oxygen atoms in total. The van der Waals surface area contributed by atoms with Crippen LogP contribution in [0.3, 0.4) is 0 Å². The van der Waals surface area contributed by atoms with Crippen molar-refractivity contribution >= 4 is 15.9 Å². The molecule has 0 radical (unpaired) electrons. The van der Waals surface area contributed by atoms with Crippen LogP contribution in [0.5, 0.6) is 0 Å². The Morgan fingerprint density at radius 1 is 1.50 bits per heavy atom. The summed E-state index contributed by atoms with van der Waals surface area (Å²) >= 11 is 3.43. The van der Waals surface area contributed by atoms with E-state index in [2.05, 4.69) is 39.2 Å². The van der Waals surface area contributed by atoms with Gasteiger partial charge in [-0.05, 0) is 46.9 Å². The molecule has 0 aromatic carbocycles. The van der Waals surface area contributed by atoms with Gasteiger partial charge in [-0.1, -0.05) is 6.92 Å². The van der Waals surface area contributed by atoms with Gasteiger partial charge in [-0.2, -0.15) is 0 Å². The summed E-state index contributed by atoms with van der Waals surface area (Å²) in [6, 6.07) is 2.46. The average Bonchev–Trinajstić information content (AvgIpc) is 2.26. The van der Waals surface area contributed by atoms with Crippen LogP contribution < -0.4 is 5.32 Å². The highest BCUT2D eigenvalue weighted by Gasteiger charge is 2.08. The van der Waals surface area contributed by atoms with Crippen LogP contribution in [0.25, 0.3) is 0 Å². The molecule has 0 aliphatic carbocycles. The molecule has 0 amide bonds. The summed E-state index contributed by atoms with van der Waals surface area (Å²) in [5.74, 6) is 0. The lowest BCUT2D eigenvalue weighted by molar-refractivity contribution is 0.166. The van der Waals surface area contributed by atoms with Crippen molar-refractivity contribution in [2.45, 2.75) is 25.8 Å². The van der Waals surface area contributed by atoms with Gasteiger partial charge in [0.15, 0.2) is 0 Å². The molecule has 1 N–H and O–H groups in total. The Kier molecular flexibility index (Phi) is 6.61. The molecular weight excluding hydrogens is 268 g/mol. The Hall–Kier alpha value is -0.450. The quantitative estimate of drug-likeness (QED) is 0.836. The standard InChI is InChI=1S/C12H19BrN2O/c1-3-4-15-12(9-16-2)6-10-5-11(13)8-14-7-10/h5,7-8,12,15H,3-4,6,9H2,1-2H3. The summed E-state index contributed by atoms with van der Waals surface area (Å²) in [6.45, 7) is 3.92. The van der Waals surface area contributed by atoms with E-state index in [-0.39, 0.29) is 0 Å². The van der Waals surface area contributed by atoms with Crippen LogP contribution >= 0.6 is 15.9 Å². The molecule has 1 atom stereocenters. The highest BCUT2D eigenvalue weighted by molar-refractivity contribution is 9.10. The van der Waals surface area contributed by atoms with E-state index in [1.807, 2.05) is 6.20 Å². The fourth-order valence-corrected chi connectivity index (χ4v) is 2.00. The van der Waals surface area contributed by atoms with Crippen molar-refractivity contribution in [1.82, 2.24) is 10.3 Å². The van der Waals surface area contributed by atoms with Crippen molar-refractivity contribution in [3.8, 4) is 0 Å². The third-order valence-corrected chi connectivity index (χ3v) is 2.73. The highest BCUT2D eigenvalue weighted by atomic mass is 79.9. The minimum absolute atomic E-state index is 0.362. The zero-order valence-corrected chi connectivity index (χ0v) is 11.5.